The minimum absolute atomic E-state index is 0.0318. The van der Waals surface area contributed by atoms with Crippen LogP contribution in [0.4, 0.5) is 18.9 Å². The topological polar surface area (TPSA) is 35.8 Å². The maximum atomic E-state index is 13.0. The zero-order chi connectivity index (χ0) is 13.9. The Balaban J connectivity index is 2.33. The standard InChI is InChI=1S/C14H15F3N2/c15-14(16,17)12-8-4-5-10(9-18)13(12)19-11-6-2-1-3-7-11/h4-5,8,11,19H,1-3,6-7H2. The second-order valence-corrected chi connectivity index (χ2v) is 4.82. The van der Waals surface area contributed by atoms with E-state index in [0.29, 0.717) is 0 Å². The first-order valence-corrected chi connectivity index (χ1v) is 6.39. The first kappa shape index (κ1) is 13.7. The third kappa shape index (κ3) is 3.19. The number of nitrogens with zero attached hydrogens (tertiary/aromatic N) is 1. The lowest BCUT2D eigenvalue weighted by molar-refractivity contribution is -0.137. The van der Waals surface area contributed by atoms with Crippen LogP contribution >= 0.6 is 0 Å². The SMILES string of the molecule is N#Cc1cccc(C(F)(F)F)c1NC1CCCCC1. The van der Waals surface area contributed by atoms with Crippen LogP contribution in [-0.4, -0.2) is 6.04 Å². The lowest BCUT2D eigenvalue weighted by atomic mass is 9.94. The predicted octanol–water partition coefficient (Wildman–Crippen LogP) is 4.32. The van der Waals surface area contributed by atoms with Gasteiger partial charge in [-0.15, -0.1) is 0 Å². The molecule has 0 unspecified atom stereocenters. The number of nitriles is 1. The second-order valence-electron chi connectivity index (χ2n) is 4.82. The summed E-state index contributed by atoms with van der Waals surface area (Å²) in [6, 6.07) is 5.58. The summed E-state index contributed by atoms with van der Waals surface area (Å²) in [5.74, 6) is 0. The zero-order valence-corrected chi connectivity index (χ0v) is 10.4. The third-order valence-corrected chi connectivity index (χ3v) is 3.44. The summed E-state index contributed by atoms with van der Waals surface area (Å²) in [4.78, 5) is 0. The van der Waals surface area contributed by atoms with Crippen LogP contribution in [0.25, 0.3) is 0 Å². The first-order valence-electron chi connectivity index (χ1n) is 6.39. The average molecular weight is 268 g/mol. The molecule has 19 heavy (non-hydrogen) atoms. The van der Waals surface area contributed by atoms with Gasteiger partial charge in [0.1, 0.15) is 6.07 Å². The zero-order valence-electron chi connectivity index (χ0n) is 10.4. The van der Waals surface area contributed by atoms with Crippen molar-refractivity contribution in [3.63, 3.8) is 0 Å². The largest absolute Gasteiger partial charge is 0.418 e. The molecule has 1 aromatic rings. The summed E-state index contributed by atoms with van der Waals surface area (Å²) in [6.45, 7) is 0. The molecule has 1 aromatic carbocycles. The van der Waals surface area contributed by atoms with E-state index in [1.165, 1.54) is 12.1 Å². The minimum Gasteiger partial charge on any atom is -0.381 e. The summed E-state index contributed by atoms with van der Waals surface area (Å²) in [6.07, 6.45) is 0.448. The Morgan fingerprint density at radius 2 is 1.84 bits per heavy atom. The average Bonchev–Trinajstić information content (AvgIpc) is 2.39. The van der Waals surface area contributed by atoms with Gasteiger partial charge in [-0.1, -0.05) is 25.3 Å². The molecule has 1 fully saturated rings. The molecule has 2 nitrogen and oxygen atoms in total. The number of hydrogen-bond donors (Lipinski definition) is 1. The Bertz CT molecular complexity index is 482. The summed E-state index contributed by atoms with van der Waals surface area (Å²) in [7, 11) is 0. The van der Waals surface area contributed by atoms with Gasteiger partial charge in [0, 0.05) is 6.04 Å². The van der Waals surface area contributed by atoms with Crippen LogP contribution in [0.2, 0.25) is 0 Å². The molecule has 1 saturated carbocycles. The molecule has 102 valence electrons. The number of alkyl halides is 3. The van der Waals surface area contributed by atoms with Crippen LogP contribution < -0.4 is 5.32 Å². The van der Waals surface area contributed by atoms with Crippen molar-refractivity contribution in [2.45, 2.75) is 44.3 Å². The highest BCUT2D eigenvalue weighted by Gasteiger charge is 2.35. The fourth-order valence-corrected chi connectivity index (χ4v) is 2.49. The molecule has 1 aliphatic rings. The Hall–Kier alpha value is -1.70. The van der Waals surface area contributed by atoms with Gasteiger partial charge in [-0.3, -0.25) is 0 Å². The summed E-state index contributed by atoms with van der Waals surface area (Å²) in [5, 5.41) is 11.9. The van der Waals surface area contributed by atoms with Gasteiger partial charge in [0.05, 0.1) is 16.8 Å². The van der Waals surface area contributed by atoms with E-state index in [-0.39, 0.29) is 17.3 Å². The second kappa shape index (κ2) is 5.52. The highest BCUT2D eigenvalue weighted by molar-refractivity contribution is 5.64. The summed E-state index contributed by atoms with van der Waals surface area (Å²) < 4.78 is 38.9. The van der Waals surface area contributed by atoms with Crippen molar-refractivity contribution < 1.29 is 13.2 Å². The van der Waals surface area contributed by atoms with Crippen LogP contribution in [0.5, 0.6) is 0 Å². The van der Waals surface area contributed by atoms with Crippen molar-refractivity contribution in [3.05, 3.63) is 29.3 Å². The van der Waals surface area contributed by atoms with E-state index >= 15 is 0 Å². The normalized spacial score (nSPS) is 16.9. The van der Waals surface area contributed by atoms with Crippen LogP contribution in [0.1, 0.15) is 43.2 Å². The number of para-hydroxylation sites is 1. The first-order chi connectivity index (χ1) is 9.02. The molecular formula is C14H15F3N2. The van der Waals surface area contributed by atoms with E-state index in [1.54, 1.807) is 0 Å². The lowest BCUT2D eigenvalue weighted by Gasteiger charge is -2.26. The molecule has 0 heterocycles. The van der Waals surface area contributed by atoms with Crippen LogP contribution in [0.15, 0.2) is 18.2 Å². The number of benzene rings is 1. The van der Waals surface area contributed by atoms with Gasteiger partial charge in [0.2, 0.25) is 0 Å². The van der Waals surface area contributed by atoms with Crippen LogP contribution in [0, 0.1) is 11.3 Å². The van der Waals surface area contributed by atoms with Gasteiger partial charge in [0.25, 0.3) is 0 Å². The number of anilines is 1. The van der Waals surface area contributed by atoms with Crippen molar-refractivity contribution in [3.8, 4) is 6.07 Å². The van der Waals surface area contributed by atoms with E-state index in [2.05, 4.69) is 5.32 Å². The number of nitrogens with one attached hydrogen (secondary N) is 1. The van der Waals surface area contributed by atoms with E-state index in [4.69, 9.17) is 5.26 Å². The Kier molecular flexibility index (Phi) is 3.98. The quantitative estimate of drug-likeness (QED) is 0.867. The summed E-state index contributed by atoms with van der Waals surface area (Å²) >= 11 is 0. The lowest BCUT2D eigenvalue weighted by Crippen LogP contribution is -2.24. The van der Waals surface area contributed by atoms with Crippen LogP contribution in [0.3, 0.4) is 0 Å². The fraction of sp³-hybridized carbons (Fsp3) is 0.500. The smallest absolute Gasteiger partial charge is 0.381 e. The highest BCUT2D eigenvalue weighted by Crippen LogP contribution is 2.37. The van der Waals surface area contributed by atoms with E-state index in [9.17, 15) is 13.2 Å². The molecule has 2 rings (SSSR count). The van der Waals surface area contributed by atoms with Gasteiger partial charge in [-0.25, -0.2) is 0 Å². The van der Waals surface area contributed by atoms with Crippen molar-refractivity contribution in [1.82, 2.24) is 0 Å². The minimum atomic E-state index is -4.44. The molecule has 5 heteroatoms. The molecule has 1 aliphatic carbocycles. The van der Waals surface area contributed by atoms with Gasteiger partial charge in [-0.2, -0.15) is 18.4 Å². The van der Waals surface area contributed by atoms with Crippen molar-refractivity contribution >= 4 is 5.69 Å². The van der Waals surface area contributed by atoms with E-state index in [0.717, 1.165) is 38.2 Å². The van der Waals surface area contributed by atoms with Crippen molar-refractivity contribution in [2.24, 2.45) is 0 Å². The van der Waals surface area contributed by atoms with E-state index in [1.807, 2.05) is 6.07 Å². The van der Waals surface area contributed by atoms with Gasteiger partial charge in [0.15, 0.2) is 0 Å². The number of hydrogen-bond acceptors (Lipinski definition) is 2. The molecule has 0 saturated heterocycles. The molecule has 0 aliphatic heterocycles. The maximum absolute atomic E-state index is 13.0. The highest BCUT2D eigenvalue weighted by atomic mass is 19.4. The van der Waals surface area contributed by atoms with Gasteiger partial charge >= 0.3 is 6.18 Å². The summed E-state index contributed by atoms with van der Waals surface area (Å²) in [5.41, 5.74) is -0.762. The molecular weight excluding hydrogens is 253 g/mol. The molecule has 1 N–H and O–H groups in total. The fourth-order valence-electron chi connectivity index (χ4n) is 2.49. The number of halogens is 3. The Morgan fingerprint density at radius 1 is 1.16 bits per heavy atom. The maximum Gasteiger partial charge on any atom is 0.418 e. The van der Waals surface area contributed by atoms with Crippen molar-refractivity contribution in [1.29, 1.82) is 5.26 Å². The predicted molar refractivity (Wildman–Crippen MR) is 66.7 cm³/mol. The molecule has 0 radical (unpaired) electrons. The Morgan fingerprint density at radius 3 is 2.42 bits per heavy atom. The van der Waals surface area contributed by atoms with Gasteiger partial charge < -0.3 is 5.32 Å². The van der Waals surface area contributed by atoms with E-state index < -0.39 is 11.7 Å². The molecule has 0 aromatic heterocycles. The van der Waals surface area contributed by atoms with Crippen molar-refractivity contribution in [2.75, 3.05) is 5.32 Å². The third-order valence-electron chi connectivity index (χ3n) is 3.44. The molecule has 0 bridgehead atoms. The van der Waals surface area contributed by atoms with Gasteiger partial charge in [-0.05, 0) is 25.0 Å². The monoisotopic (exact) mass is 268 g/mol. The molecule has 0 spiro atoms. The molecule has 0 amide bonds. The molecule has 0 atom stereocenters. The number of rotatable bonds is 2. The Labute approximate surface area is 110 Å². The van der Waals surface area contributed by atoms with Crippen LogP contribution in [-0.2, 0) is 6.18 Å².